The first-order chi connectivity index (χ1) is 14.1. The molecule has 0 unspecified atom stereocenters. The molecule has 0 aliphatic heterocycles. The second-order valence-corrected chi connectivity index (χ2v) is 6.16. The first-order valence-corrected chi connectivity index (χ1v) is 8.45. The zero-order valence-corrected chi connectivity index (χ0v) is 17.1. The topological polar surface area (TPSA) is 130 Å². The number of aromatic nitrogens is 2. The molecule has 0 saturated heterocycles. The fourth-order valence-electron chi connectivity index (χ4n) is 1.87. The van der Waals surface area contributed by atoms with E-state index in [1.807, 2.05) is 0 Å². The molecule has 0 aromatic carbocycles. The van der Waals surface area contributed by atoms with Crippen molar-refractivity contribution < 1.29 is 45.4 Å². The van der Waals surface area contributed by atoms with E-state index < -0.39 is 40.0 Å². The molecule has 15 heteroatoms. The average Bonchev–Trinajstić information content (AvgIpc) is 2.67. The van der Waals surface area contributed by atoms with E-state index in [-0.39, 0.29) is 22.8 Å². The van der Waals surface area contributed by atoms with Gasteiger partial charge in [0.2, 0.25) is 0 Å². The lowest BCUT2D eigenvalue weighted by Crippen LogP contribution is -2.14. The van der Waals surface area contributed by atoms with Crippen molar-refractivity contribution in [2.45, 2.75) is 12.4 Å². The molecule has 2 aromatic heterocycles. The summed E-state index contributed by atoms with van der Waals surface area (Å²) in [6.45, 7) is 0. The van der Waals surface area contributed by atoms with E-state index in [0.29, 0.717) is 18.3 Å². The lowest BCUT2D eigenvalue weighted by atomic mass is 10.2. The Kier molecular flexibility index (Phi) is 8.20. The number of nitrogens with two attached hydrogens (primary N) is 2. The molecule has 2 rings (SSSR count). The quantitative estimate of drug-likeness (QED) is 0.349. The van der Waals surface area contributed by atoms with Crippen LogP contribution >= 0.6 is 15.9 Å². The lowest BCUT2D eigenvalue weighted by molar-refractivity contribution is -0.139. The van der Waals surface area contributed by atoms with E-state index in [1.165, 1.54) is 0 Å². The van der Waals surface area contributed by atoms with Crippen LogP contribution in [0.1, 0.15) is 32.1 Å². The summed E-state index contributed by atoms with van der Waals surface area (Å²) in [7, 11) is 2.16. The Bertz CT molecular complexity index is 982. The van der Waals surface area contributed by atoms with Gasteiger partial charge in [-0.15, -0.1) is 0 Å². The highest BCUT2D eigenvalue weighted by Gasteiger charge is 2.35. The van der Waals surface area contributed by atoms with Crippen LogP contribution in [0.4, 0.5) is 37.7 Å². The number of anilines is 2. The number of nitrogen functional groups attached to an aromatic ring is 2. The number of hydrogen-bond donors (Lipinski definition) is 2. The highest BCUT2D eigenvalue weighted by Crippen LogP contribution is 2.35. The van der Waals surface area contributed by atoms with Gasteiger partial charge >= 0.3 is 24.3 Å². The summed E-state index contributed by atoms with van der Waals surface area (Å²) in [6, 6.07) is 1.27. The van der Waals surface area contributed by atoms with E-state index >= 15 is 0 Å². The first-order valence-electron chi connectivity index (χ1n) is 7.66. The van der Waals surface area contributed by atoms with Crippen molar-refractivity contribution in [3.63, 3.8) is 0 Å². The molecule has 2 aromatic rings. The number of carbonyl (C=O) groups excluding carboxylic acids is 2. The minimum absolute atomic E-state index is 0.328. The molecule has 0 fully saturated rings. The fraction of sp³-hybridized carbons (Fsp3) is 0.250. The van der Waals surface area contributed by atoms with Crippen LogP contribution < -0.4 is 11.5 Å². The summed E-state index contributed by atoms with van der Waals surface area (Å²) >= 11 is 2.62. The number of hydrogen-bond acceptors (Lipinski definition) is 8. The van der Waals surface area contributed by atoms with Gasteiger partial charge in [-0.1, -0.05) is 0 Å². The van der Waals surface area contributed by atoms with Crippen molar-refractivity contribution in [2.24, 2.45) is 0 Å². The van der Waals surface area contributed by atoms with Gasteiger partial charge in [0.25, 0.3) is 0 Å². The highest BCUT2D eigenvalue weighted by atomic mass is 79.9. The molecule has 0 spiro atoms. The SMILES string of the molecule is COC(=O)c1nc(Br)c(C(F)(F)F)cc1N.COC(=O)c1ncc(C(F)(F)F)cc1N. The molecule has 0 radical (unpaired) electrons. The maximum absolute atomic E-state index is 12.4. The van der Waals surface area contributed by atoms with E-state index in [0.717, 1.165) is 14.2 Å². The van der Waals surface area contributed by atoms with Crippen molar-refractivity contribution in [1.29, 1.82) is 0 Å². The molecule has 0 aliphatic rings. The Morgan fingerprint density at radius 1 is 0.903 bits per heavy atom. The fourth-order valence-corrected chi connectivity index (χ4v) is 2.39. The van der Waals surface area contributed by atoms with Gasteiger partial charge in [0, 0.05) is 6.20 Å². The third kappa shape index (κ3) is 6.70. The van der Waals surface area contributed by atoms with Crippen LogP contribution in [0.15, 0.2) is 22.9 Å². The molecule has 2 heterocycles. The molecule has 0 aliphatic carbocycles. The number of esters is 2. The number of alkyl halides is 6. The van der Waals surface area contributed by atoms with Crippen molar-refractivity contribution in [1.82, 2.24) is 9.97 Å². The Labute approximate surface area is 178 Å². The molecule has 4 N–H and O–H groups in total. The second-order valence-electron chi connectivity index (χ2n) is 5.41. The monoisotopic (exact) mass is 518 g/mol. The minimum atomic E-state index is -4.59. The molecule has 0 amide bonds. The molecule has 0 atom stereocenters. The molecular formula is C16H13BrF6N4O4. The van der Waals surface area contributed by atoms with Crippen LogP contribution in [-0.4, -0.2) is 36.1 Å². The summed E-state index contributed by atoms with van der Waals surface area (Å²) < 4.78 is 81.8. The number of halogens is 7. The van der Waals surface area contributed by atoms with E-state index in [9.17, 15) is 35.9 Å². The van der Waals surface area contributed by atoms with Crippen LogP contribution in [0, 0.1) is 0 Å². The smallest absolute Gasteiger partial charge is 0.419 e. The maximum atomic E-state index is 12.4. The van der Waals surface area contributed by atoms with Crippen molar-refractivity contribution in [3.05, 3.63) is 45.4 Å². The summed E-state index contributed by atoms with van der Waals surface area (Å²) in [5.41, 5.74) is 7.02. The largest absolute Gasteiger partial charge is 0.464 e. The molecule has 0 saturated carbocycles. The van der Waals surface area contributed by atoms with Crippen molar-refractivity contribution >= 4 is 39.2 Å². The van der Waals surface area contributed by atoms with E-state index in [2.05, 4.69) is 35.4 Å². The number of ether oxygens (including phenoxy) is 2. The van der Waals surface area contributed by atoms with Crippen LogP contribution in [0.5, 0.6) is 0 Å². The van der Waals surface area contributed by atoms with Gasteiger partial charge in [-0.3, -0.25) is 0 Å². The van der Waals surface area contributed by atoms with Gasteiger partial charge in [0.15, 0.2) is 11.4 Å². The number of rotatable bonds is 2. The van der Waals surface area contributed by atoms with Crippen molar-refractivity contribution in [3.8, 4) is 0 Å². The Morgan fingerprint density at radius 2 is 1.39 bits per heavy atom. The number of methoxy groups -OCH3 is 2. The summed E-state index contributed by atoms with van der Waals surface area (Å²) in [5.74, 6) is -1.77. The lowest BCUT2D eigenvalue weighted by Gasteiger charge is -2.11. The van der Waals surface area contributed by atoms with Crippen molar-refractivity contribution in [2.75, 3.05) is 25.7 Å². The molecular weight excluding hydrogens is 506 g/mol. The third-order valence-corrected chi connectivity index (χ3v) is 3.92. The first kappa shape index (κ1) is 25.9. The molecule has 170 valence electrons. The van der Waals surface area contributed by atoms with Crippen LogP contribution in [-0.2, 0) is 21.8 Å². The van der Waals surface area contributed by atoms with E-state index in [1.54, 1.807) is 0 Å². The van der Waals surface area contributed by atoms with Gasteiger partial charge in [-0.2, -0.15) is 26.3 Å². The molecule has 8 nitrogen and oxygen atoms in total. The summed E-state index contributed by atoms with van der Waals surface area (Å²) in [6.07, 6.45) is -8.59. The van der Waals surface area contributed by atoms with Gasteiger partial charge < -0.3 is 20.9 Å². The molecule has 31 heavy (non-hydrogen) atoms. The third-order valence-electron chi connectivity index (χ3n) is 3.31. The predicted octanol–water partition coefficient (Wildman–Crippen LogP) is 3.70. The zero-order chi connectivity index (χ0) is 24.1. The standard InChI is InChI=1S/C8H6BrF3N2O2.C8H7F3N2O2/c1-16-7(15)5-4(13)2-3(6(9)14-5)8(10,11)12;1-15-7(14)6-5(12)2-4(3-13-6)8(9,10)11/h2H,13H2,1H3;2-3H,12H2,1H3. The van der Waals surface area contributed by atoms with Gasteiger partial charge in [0.1, 0.15) is 4.60 Å². The average molecular weight is 519 g/mol. The summed E-state index contributed by atoms with van der Waals surface area (Å²) in [4.78, 5) is 28.7. The zero-order valence-electron chi connectivity index (χ0n) is 15.6. The van der Waals surface area contributed by atoms with Crippen LogP contribution in [0.3, 0.4) is 0 Å². The minimum Gasteiger partial charge on any atom is -0.464 e. The Balaban J connectivity index is 0.000000311. The van der Waals surface area contributed by atoms with Gasteiger partial charge in [-0.05, 0) is 28.1 Å². The van der Waals surface area contributed by atoms with Crippen LogP contribution in [0.25, 0.3) is 0 Å². The van der Waals surface area contributed by atoms with Gasteiger partial charge in [-0.25, -0.2) is 19.6 Å². The maximum Gasteiger partial charge on any atom is 0.419 e. The van der Waals surface area contributed by atoms with E-state index in [4.69, 9.17) is 11.5 Å². The summed E-state index contributed by atoms with van der Waals surface area (Å²) in [5, 5.41) is 0. The normalized spacial score (nSPS) is 11.3. The highest BCUT2D eigenvalue weighted by molar-refractivity contribution is 9.10. The molecule has 0 bridgehead atoms. The van der Waals surface area contributed by atoms with Gasteiger partial charge in [0.05, 0.1) is 36.7 Å². The number of carbonyl (C=O) groups is 2. The Hall–Kier alpha value is -3.10. The second kappa shape index (κ2) is 9.80. The Morgan fingerprint density at radius 3 is 1.81 bits per heavy atom. The van der Waals surface area contributed by atoms with Crippen LogP contribution in [0.2, 0.25) is 0 Å². The predicted molar refractivity (Wildman–Crippen MR) is 97.7 cm³/mol. The number of pyridine rings is 2. The number of nitrogens with zero attached hydrogens (tertiary/aromatic N) is 2.